The molecular formula is C13H14ClN3O2S. The molecule has 1 heterocycles. The zero-order chi connectivity index (χ0) is 14.8. The van der Waals surface area contributed by atoms with E-state index in [4.69, 9.17) is 17.3 Å². The largest absolute Gasteiger partial charge is 0.399 e. The third-order valence-corrected chi connectivity index (χ3v) is 4.81. The molecule has 1 atom stereocenters. The van der Waals surface area contributed by atoms with Crippen LogP contribution in [0.15, 0.2) is 47.6 Å². The number of hydrogen-bond donors (Lipinski definition) is 2. The van der Waals surface area contributed by atoms with E-state index in [9.17, 15) is 8.42 Å². The first-order valence-corrected chi connectivity index (χ1v) is 7.73. The molecule has 0 aliphatic rings. The minimum absolute atomic E-state index is 0.0277. The number of benzene rings is 1. The predicted molar refractivity (Wildman–Crippen MR) is 78.8 cm³/mol. The fourth-order valence-corrected chi connectivity index (χ4v) is 3.51. The van der Waals surface area contributed by atoms with E-state index < -0.39 is 16.1 Å². The van der Waals surface area contributed by atoms with Gasteiger partial charge in [0, 0.05) is 24.1 Å². The molecule has 2 rings (SSSR count). The molecule has 0 radical (unpaired) electrons. The number of aromatic nitrogens is 1. The topological polar surface area (TPSA) is 85.1 Å². The molecule has 0 aliphatic carbocycles. The van der Waals surface area contributed by atoms with Gasteiger partial charge in [-0.05, 0) is 42.8 Å². The van der Waals surface area contributed by atoms with Crippen molar-refractivity contribution in [3.63, 3.8) is 0 Å². The number of rotatable bonds is 4. The number of pyridine rings is 1. The summed E-state index contributed by atoms with van der Waals surface area (Å²) in [6.45, 7) is 1.74. The lowest BCUT2D eigenvalue weighted by Crippen LogP contribution is -2.27. The van der Waals surface area contributed by atoms with E-state index >= 15 is 0 Å². The van der Waals surface area contributed by atoms with Crippen LogP contribution < -0.4 is 10.5 Å². The third kappa shape index (κ3) is 3.27. The number of nitrogens with zero attached hydrogens (tertiary/aromatic N) is 1. The highest BCUT2D eigenvalue weighted by atomic mass is 35.5. The number of nitrogens with two attached hydrogens (primary N) is 1. The molecule has 0 saturated heterocycles. The summed E-state index contributed by atoms with van der Waals surface area (Å²) in [6.07, 6.45) is 3.21. The zero-order valence-corrected chi connectivity index (χ0v) is 12.3. The molecule has 1 aromatic heterocycles. The second-order valence-electron chi connectivity index (χ2n) is 4.31. The van der Waals surface area contributed by atoms with E-state index in [2.05, 4.69) is 9.71 Å². The van der Waals surface area contributed by atoms with Crippen molar-refractivity contribution in [2.24, 2.45) is 0 Å². The van der Waals surface area contributed by atoms with Gasteiger partial charge < -0.3 is 5.73 Å². The van der Waals surface area contributed by atoms with Crippen LogP contribution in [0.5, 0.6) is 0 Å². The van der Waals surface area contributed by atoms with Crippen LogP contribution >= 0.6 is 11.6 Å². The third-order valence-electron chi connectivity index (χ3n) is 2.78. The number of nitrogens with one attached hydrogen (secondary N) is 1. The SMILES string of the molecule is CC(NS(=O)(=O)c1cc(N)ccc1Cl)c1ccncc1. The average molecular weight is 312 g/mol. The van der Waals surface area contributed by atoms with Gasteiger partial charge in [0.15, 0.2) is 0 Å². The van der Waals surface area contributed by atoms with Gasteiger partial charge >= 0.3 is 0 Å². The Morgan fingerprint density at radius 1 is 1.25 bits per heavy atom. The van der Waals surface area contributed by atoms with Crippen molar-refractivity contribution in [2.75, 3.05) is 5.73 Å². The standard InChI is InChI=1S/C13H14ClN3O2S/c1-9(10-4-6-16-7-5-10)17-20(18,19)13-8-11(15)2-3-12(13)14/h2-9,17H,15H2,1H3. The van der Waals surface area contributed by atoms with Crippen molar-refractivity contribution < 1.29 is 8.42 Å². The lowest BCUT2D eigenvalue weighted by atomic mass is 10.1. The second kappa shape index (κ2) is 5.78. The summed E-state index contributed by atoms with van der Waals surface area (Å²) in [5, 5.41) is 0.133. The van der Waals surface area contributed by atoms with Crippen LogP contribution in [0.25, 0.3) is 0 Å². The van der Waals surface area contributed by atoms with Crippen molar-refractivity contribution in [1.29, 1.82) is 0 Å². The summed E-state index contributed by atoms with van der Waals surface area (Å²) in [6, 6.07) is 7.43. The molecule has 0 saturated carbocycles. The van der Waals surface area contributed by atoms with E-state index in [0.717, 1.165) is 5.56 Å². The molecule has 2 aromatic rings. The molecule has 5 nitrogen and oxygen atoms in total. The Balaban J connectivity index is 2.30. The molecule has 0 spiro atoms. The fraction of sp³-hybridized carbons (Fsp3) is 0.154. The van der Waals surface area contributed by atoms with Gasteiger partial charge in [0.25, 0.3) is 0 Å². The van der Waals surface area contributed by atoms with Crippen molar-refractivity contribution in [1.82, 2.24) is 9.71 Å². The van der Waals surface area contributed by atoms with Crippen molar-refractivity contribution in [3.8, 4) is 0 Å². The lowest BCUT2D eigenvalue weighted by molar-refractivity contribution is 0.567. The fourth-order valence-electron chi connectivity index (χ4n) is 1.74. The van der Waals surface area contributed by atoms with Gasteiger partial charge in [-0.1, -0.05) is 11.6 Å². The maximum atomic E-state index is 12.3. The molecular weight excluding hydrogens is 298 g/mol. The molecule has 0 amide bonds. The van der Waals surface area contributed by atoms with Crippen LogP contribution in [-0.2, 0) is 10.0 Å². The quantitative estimate of drug-likeness (QED) is 0.849. The van der Waals surface area contributed by atoms with Crippen LogP contribution in [0, 0.1) is 0 Å². The van der Waals surface area contributed by atoms with Gasteiger partial charge in [0.05, 0.1) is 5.02 Å². The van der Waals surface area contributed by atoms with Crippen LogP contribution in [0.1, 0.15) is 18.5 Å². The smallest absolute Gasteiger partial charge is 0.242 e. The maximum Gasteiger partial charge on any atom is 0.242 e. The highest BCUT2D eigenvalue weighted by Gasteiger charge is 2.21. The highest BCUT2D eigenvalue weighted by molar-refractivity contribution is 7.89. The summed E-state index contributed by atoms with van der Waals surface area (Å²) >= 11 is 5.93. The predicted octanol–water partition coefficient (Wildman–Crippen LogP) is 2.36. The molecule has 0 aliphatic heterocycles. The van der Waals surface area contributed by atoms with Crippen molar-refractivity contribution in [3.05, 3.63) is 53.3 Å². The van der Waals surface area contributed by atoms with E-state index in [1.54, 1.807) is 37.5 Å². The summed E-state index contributed by atoms with van der Waals surface area (Å²) in [5.41, 5.74) is 6.76. The van der Waals surface area contributed by atoms with Crippen LogP contribution in [0.2, 0.25) is 5.02 Å². The molecule has 7 heteroatoms. The number of hydrogen-bond acceptors (Lipinski definition) is 4. The Hall–Kier alpha value is -1.63. The Kier molecular flexibility index (Phi) is 4.27. The molecule has 1 aromatic carbocycles. The normalized spacial score (nSPS) is 13.1. The minimum Gasteiger partial charge on any atom is -0.399 e. The Labute approximate surface area is 122 Å². The Bertz CT molecular complexity index is 705. The monoisotopic (exact) mass is 311 g/mol. The van der Waals surface area contributed by atoms with Gasteiger partial charge in [0.1, 0.15) is 4.90 Å². The lowest BCUT2D eigenvalue weighted by Gasteiger charge is -2.15. The van der Waals surface area contributed by atoms with Gasteiger partial charge in [0.2, 0.25) is 10.0 Å². The first-order chi connectivity index (χ1) is 9.40. The van der Waals surface area contributed by atoms with Gasteiger partial charge in [-0.3, -0.25) is 4.98 Å². The number of anilines is 1. The highest BCUT2D eigenvalue weighted by Crippen LogP contribution is 2.25. The molecule has 1 unspecified atom stereocenters. The van der Waals surface area contributed by atoms with Gasteiger partial charge in [-0.25, -0.2) is 13.1 Å². The van der Waals surface area contributed by atoms with E-state index in [1.165, 1.54) is 12.1 Å². The van der Waals surface area contributed by atoms with Crippen LogP contribution in [-0.4, -0.2) is 13.4 Å². The van der Waals surface area contributed by atoms with E-state index in [1.807, 2.05) is 0 Å². The van der Waals surface area contributed by atoms with Crippen LogP contribution in [0.4, 0.5) is 5.69 Å². The second-order valence-corrected chi connectivity index (χ2v) is 6.40. The Morgan fingerprint density at radius 2 is 1.90 bits per heavy atom. The summed E-state index contributed by atoms with van der Waals surface area (Å²) in [7, 11) is -3.74. The number of halogens is 1. The summed E-state index contributed by atoms with van der Waals surface area (Å²) < 4.78 is 27.2. The summed E-state index contributed by atoms with van der Waals surface area (Å²) in [5.74, 6) is 0. The first-order valence-electron chi connectivity index (χ1n) is 5.87. The first kappa shape index (κ1) is 14.8. The molecule has 20 heavy (non-hydrogen) atoms. The number of nitrogen functional groups attached to an aromatic ring is 1. The van der Waals surface area contributed by atoms with Gasteiger partial charge in [-0.2, -0.15) is 0 Å². The average Bonchev–Trinajstić information content (AvgIpc) is 2.42. The Morgan fingerprint density at radius 3 is 2.55 bits per heavy atom. The molecule has 3 N–H and O–H groups in total. The van der Waals surface area contributed by atoms with E-state index in [0.29, 0.717) is 5.69 Å². The molecule has 0 fully saturated rings. The van der Waals surface area contributed by atoms with Crippen LogP contribution in [0.3, 0.4) is 0 Å². The maximum absolute atomic E-state index is 12.3. The van der Waals surface area contributed by atoms with Crippen molar-refractivity contribution >= 4 is 27.3 Å². The molecule has 0 bridgehead atoms. The number of sulfonamides is 1. The van der Waals surface area contributed by atoms with Crippen molar-refractivity contribution in [2.45, 2.75) is 17.9 Å². The van der Waals surface area contributed by atoms with E-state index in [-0.39, 0.29) is 9.92 Å². The molecule has 106 valence electrons. The minimum atomic E-state index is -3.74. The summed E-state index contributed by atoms with van der Waals surface area (Å²) in [4.78, 5) is 3.87. The van der Waals surface area contributed by atoms with Gasteiger partial charge in [-0.15, -0.1) is 0 Å². The zero-order valence-electron chi connectivity index (χ0n) is 10.7.